The maximum atomic E-state index is 12.4. The number of benzene rings is 2. The quantitative estimate of drug-likeness (QED) is 0.558. The highest BCUT2D eigenvalue weighted by Crippen LogP contribution is 2.32. The van der Waals surface area contributed by atoms with Gasteiger partial charge in [0.1, 0.15) is 0 Å². The Bertz CT molecular complexity index is 958. The van der Waals surface area contributed by atoms with E-state index in [1.165, 1.54) is 0 Å². The van der Waals surface area contributed by atoms with E-state index in [1.807, 2.05) is 32.2 Å². The number of anilines is 1. The summed E-state index contributed by atoms with van der Waals surface area (Å²) < 4.78 is 16.8. The largest absolute Gasteiger partial charge is 0.490 e. The number of ether oxygens (including phenoxy) is 2. The standard InChI is InChI=1S/C20H21N3O4S/c1-4-25-16-10-9-14(12-17(16)26-5-2)19-22-23-20(27-19)21-18(24)13-7-6-8-15(11-13)28-3/h6-12H,4-5H2,1-3H3,(H,21,23,24). The third kappa shape index (κ3) is 4.64. The van der Waals surface area contributed by atoms with Crippen LogP contribution in [0.4, 0.5) is 6.01 Å². The van der Waals surface area contributed by atoms with E-state index in [0.717, 1.165) is 4.90 Å². The number of nitrogens with one attached hydrogen (secondary N) is 1. The number of thioether (sulfide) groups is 1. The fraction of sp³-hybridized carbons (Fsp3) is 0.250. The second-order valence-corrected chi connectivity index (χ2v) is 6.51. The molecule has 0 saturated carbocycles. The molecule has 2 aromatic carbocycles. The van der Waals surface area contributed by atoms with Crippen LogP contribution in [0.5, 0.6) is 11.5 Å². The molecule has 28 heavy (non-hydrogen) atoms. The van der Waals surface area contributed by atoms with Gasteiger partial charge >= 0.3 is 6.01 Å². The van der Waals surface area contributed by atoms with E-state index in [-0.39, 0.29) is 17.8 Å². The molecule has 0 aliphatic rings. The second-order valence-electron chi connectivity index (χ2n) is 5.63. The normalized spacial score (nSPS) is 10.5. The number of carbonyl (C=O) groups excluding carboxylic acids is 1. The second kappa shape index (κ2) is 9.27. The van der Waals surface area contributed by atoms with E-state index in [9.17, 15) is 4.79 Å². The van der Waals surface area contributed by atoms with Crippen LogP contribution >= 0.6 is 11.8 Å². The third-order valence-electron chi connectivity index (χ3n) is 3.77. The Balaban J connectivity index is 1.78. The smallest absolute Gasteiger partial charge is 0.322 e. The molecule has 1 amide bonds. The van der Waals surface area contributed by atoms with Crippen molar-refractivity contribution in [1.29, 1.82) is 0 Å². The minimum atomic E-state index is -0.312. The van der Waals surface area contributed by atoms with E-state index >= 15 is 0 Å². The molecule has 8 heteroatoms. The Labute approximate surface area is 167 Å². The summed E-state index contributed by atoms with van der Waals surface area (Å²) in [5.41, 5.74) is 1.19. The SMILES string of the molecule is CCOc1ccc(-c2nnc(NC(=O)c3cccc(SC)c3)o2)cc1OCC. The lowest BCUT2D eigenvalue weighted by atomic mass is 10.2. The molecule has 3 aromatic rings. The minimum absolute atomic E-state index is 0.0291. The Kier molecular flexibility index (Phi) is 6.54. The van der Waals surface area contributed by atoms with Gasteiger partial charge in [0.25, 0.3) is 5.91 Å². The number of aromatic nitrogens is 2. The highest BCUT2D eigenvalue weighted by molar-refractivity contribution is 7.98. The minimum Gasteiger partial charge on any atom is -0.490 e. The first kappa shape index (κ1) is 19.8. The van der Waals surface area contributed by atoms with Crippen LogP contribution < -0.4 is 14.8 Å². The number of carbonyl (C=O) groups is 1. The fourth-order valence-corrected chi connectivity index (χ4v) is 2.97. The van der Waals surface area contributed by atoms with Gasteiger partial charge in [0.05, 0.1) is 13.2 Å². The van der Waals surface area contributed by atoms with Crippen molar-refractivity contribution >= 4 is 23.7 Å². The van der Waals surface area contributed by atoms with Gasteiger partial charge in [-0.25, -0.2) is 0 Å². The van der Waals surface area contributed by atoms with Gasteiger partial charge in [0.2, 0.25) is 5.89 Å². The van der Waals surface area contributed by atoms with Crippen LogP contribution in [0.1, 0.15) is 24.2 Å². The van der Waals surface area contributed by atoms with Gasteiger partial charge in [-0.2, -0.15) is 0 Å². The monoisotopic (exact) mass is 399 g/mol. The molecule has 3 rings (SSSR count). The summed E-state index contributed by atoms with van der Waals surface area (Å²) >= 11 is 1.56. The maximum Gasteiger partial charge on any atom is 0.322 e. The van der Waals surface area contributed by atoms with Gasteiger partial charge in [0.15, 0.2) is 11.5 Å². The van der Waals surface area contributed by atoms with E-state index in [1.54, 1.807) is 42.1 Å². The van der Waals surface area contributed by atoms with Crippen LogP contribution in [0.2, 0.25) is 0 Å². The molecule has 0 bridgehead atoms. The van der Waals surface area contributed by atoms with Crippen molar-refractivity contribution < 1.29 is 18.7 Å². The predicted octanol–water partition coefficient (Wildman–Crippen LogP) is 4.51. The summed E-state index contributed by atoms with van der Waals surface area (Å²) in [4.78, 5) is 13.4. The zero-order valence-electron chi connectivity index (χ0n) is 15.9. The number of amides is 1. The molecule has 0 spiro atoms. The molecule has 1 N–H and O–H groups in total. The molecule has 0 aliphatic carbocycles. The van der Waals surface area contributed by atoms with Gasteiger partial charge in [-0.15, -0.1) is 16.9 Å². The topological polar surface area (TPSA) is 86.5 Å². The highest BCUT2D eigenvalue weighted by Gasteiger charge is 2.15. The maximum absolute atomic E-state index is 12.4. The van der Waals surface area contributed by atoms with Crippen molar-refractivity contribution in [1.82, 2.24) is 10.2 Å². The van der Waals surface area contributed by atoms with E-state index in [4.69, 9.17) is 13.9 Å². The van der Waals surface area contributed by atoms with Crippen LogP contribution in [0.3, 0.4) is 0 Å². The van der Waals surface area contributed by atoms with Gasteiger partial charge in [-0.05, 0) is 56.5 Å². The zero-order valence-corrected chi connectivity index (χ0v) is 16.7. The van der Waals surface area contributed by atoms with Crippen LogP contribution in [0.25, 0.3) is 11.5 Å². The van der Waals surface area contributed by atoms with Crippen LogP contribution in [-0.2, 0) is 0 Å². The lowest BCUT2D eigenvalue weighted by Gasteiger charge is -2.11. The van der Waals surface area contributed by atoms with Gasteiger partial charge in [-0.1, -0.05) is 11.2 Å². The number of nitrogens with zero attached hydrogens (tertiary/aromatic N) is 2. The van der Waals surface area contributed by atoms with Crippen molar-refractivity contribution in [3.05, 3.63) is 48.0 Å². The van der Waals surface area contributed by atoms with Crippen LogP contribution in [-0.4, -0.2) is 35.6 Å². The molecule has 0 fully saturated rings. The number of rotatable bonds is 8. The fourth-order valence-electron chi connectivity index (χ4n) is 2.51. The van der Waals surface area contributed by atoms with Gasteiger partial charge in [-0.3, -0.25) is 10.1 Å². The van der Waals surface area contributed by atoms with E-state index < -0.39 is 0 Å². The number of hydrogen-bond acceptors (Lipinski definition) is 7. The number of hydrogen-bond donors (Lipinski definition) is 1. The van der Waals surface area contributed by atoms with Crippen molar-refractivity contribution in [3.63, 3.8) is 0 Å². The zero-order chi connectivity index (χ0) is 19.9. The first-order chi connectivity index (χ1) is 13.6. The van der Waals surface area contributed by atoms with Crippen molar-refractivity contribution in [2.45, 2.75) is 18.7 Å². The first-order valence-electron chi connectivity index (χ1n) is 8.83. The van der Waals surface area contributed by atoms with E-state index in [2.05, 4.69) is 15.5 Å². The Morgan fingerprint density at radius 2 is 1.86 bits per heavy atom. The lowest BCUT2D eigenvalue weighted by molar-refractivity contribution is 0.102. The highest BCUT2D eigenvalue weighted by atomic mass is 32.2. The summed E-state index contributed by atoms with van der Waals surface area (Å²) in [7, 11) is 0. The summed E-state index contributed by atoms with van der Waals surface area (Å²) in [6, 6.07) is 12.7. The molecule has 0 aliphatic heterocycles. The Hall–Kier alpha value is -3.00. The van der Waals surface area contributed by atoms with Crippen molar-refractivity contribution in [2.24, 2.45) is 0 Å². The first-order valence-corrected chi connectivity index (χ1v) is 10.1. The summed E-state index contributed by atoms with van der Waals surface area (Å²) in [6.07, 6.45) is 1.95. The molecule has 0 unspecified atom stereocenters. The Morgan fingerprint density at radius 1 is 1.07 bits per heavy atom. The average Bonchev–Trinajstić information content (AvgIpc) is 3.18. The molecule has 7 nitrogen and oxygen atoms in total. The molecule has 0 saturated heterocycles. The van der Waals surface area contributed by atoms with Crippen molar-refractivity contribution in [3.8, 4) is 23.0 Å². The summed E-state index contributed by atoms with van der Waals surface area (Å²) in [5.74, 6) is 1.21. The predicted molar refractivity (Wildman–Crippen MR) is 108 cm³/mol. The molecule has 0 radical (unpaired) electrons. The molecule has 1 aromatic heterocycles. The molecule has 146 valence electrons. The molecule has 0 atom stereocenters. The molecule has 1 heterocycles. The van der Waals surface area contributed by atoms with E-state index in [0.29, 0.717) is 35.8 Å². The molecular formula is C20H21N3O4S. The third-order valence-corrected chi connectivity index (χ3v) is 4.49. The molecular weight excluding hydrogens is 378 g/mol. The van der Waals surface area contributed by atoms with Gasteiger partial charge in [0, 0.05) is 16.0 Å². The summed E-state index contributed by atoms with van der Waals surface area (Å²) in [6.45, 7) is 4.85. The summed E-state index contributed by atoms with van der Waals surface area (Å²) in [5, 5.41) is 10.5. The lowest BCUT2D eigenvalue weighted by Crippen LogP contribution is -2.12. The average molecular weight is 399 g/mol. The van der Waals surface area contributed by atoms with Crippen LogP contribution in [0, 0.1) is 0 Å². The Morgan fingerprint density at radius 3 is 2.61 bits per heavy atom. The van der Waals surface area contributed by atoms with Crippen molar-refractivity contribution in [2.75, 3.05) is 24.8 Å². The van der Waals surface area contributed by atoms with Gasteiger partial charge < -0.3 is 13.9 Å². The van der Waals surface area contributed by atoms with Crippen LogP contribution in [0.15, 0.2) is 51.8 Å².